The molecule has 1 aromatic rings. The highest BCUT2D eigenvalue weighted by atomic mass is 16.5. The molecule has 102 valence electrons. The molecule has 1 aromatic heterocycles. The third-order valence-electron chi connectivity index (χ3n) is 2.60. The summed E-state index contributed by atoms with van der Waals surface area (Å²) in [5.74, 6) is 0.769. The van der Waals surface area contributed by atoms with E-state index in [9.17, 15) is 4.79 Å². The van der Waals surface area contributed by atoms with Gasteiger partial charge in [0.25, 0.3) is 0 Å². The molecular weight excluding hydrogens is 234 g/mol. The van der Waals surface area contributed by atoms with Crippen molar-refractivity contribution in [1.29, 1.82) is 0 Å². The Labute approximate surface area is 107 Å². The largest absolute Gasteiger partial charge is 0.371 e. The van der Waals surface area contributed by atoms with Crippen molar-refractivity contribution in [1.82, 2.24) is 15.5 Å². The number of nitrogens with zero attached hydrogens (tertiary/aromatic N) is 2. The van der Waals surface area contributed by atoms with Gasteiger partial charge in [-0.1, -0.05) is 25.9 Å². The zero-order valence-corrected chi connectivity index (χ0v) is 11.8. The van der Waals surface area contributed by atoms with Gasteiger partial charge in [0, 0.05) is 12.5 Å². The summed E-state index contributed by atoms with van der Waals surface area (Å²) in [6.07, 6.45) is 0. The van der Waals surface area contributed by atoms with E-state index in [2.05, 4.69) is 15.5 Å². The van der Waals surface area contributed by atoms with Crippen molar-refractivity contribution in [2.45, 2.75) is 46.8 Å². The van der Waals surface area contributed by atoms with Crippen LogP contribution in [0.25, 0.3) is 0 Å². The van der Waals surface area contributed by atoms with Crippen LogP contribution in [0.5, 0.6) is 0 Å². The zero-order chi connectivity index (χ0) is 14.0. The summed E-state index contributed by atoms with van der Waals surface area (Å²) < 4.78 is 10.3. The number of ether oxygens (including phenoxy) is 1. The number of methoxy groups -OCH3 is 1. The van der Waals surface area contributed by atoms with E-state index in [1.807, 2.05) is 34.6 Å². The van der Waals surface area contributed by atoms with Crippen LogP contribution in [0.15, 0.2) is 4.52 Å². The summed E-state index contributed by atoms with van der Waals surface area (Å²) in [6.45, 7) is 9.44. The van der Waals surface area contributed by atoms with Crippen LogP contribution in [0.4, 0.5) is 0 Å². The second-order valence-electron chi connectivity index (χ2n) is 5.66. The third-order valence-corrected chi connectivity index (χ3v) is 2.60. The summed E-state index contributed by atoms with van der Waals surface area (Å²) >= 11 is 0. The molecule has 1 rings (SSSR count). The van der Waals surface area contributed by atoms with Crippen LogP contribution in [0.2, 0.25) is 0 Å². The zero-order valence-electron chi connectivity index (χ0n) is 11.8. The molecule has 1 amide bonds. The van der Waals surface area contributed by atoms with Gasteiger partial charge in [-0.05, 0) is 13.8 Å². The van der Waals surface area contributed by atoms with Gasteiger partial charge < -0.3 is 14.6 Å². The van der Waals surface area contributed by atoms with Crippen molar-refractivity contribution in [2.24, 2.45) is 5.41 Å². The van der Waals surface area contributed by atoms with E-state index in [1.165, 1.54) is 0 Å². The number of rotatable bonds is 4. The van der Waals surface area contributed by atoms with Crippen LogP contribution in [-0.4, -0.2) is 23.2 Å². The first-order valence-corrected chi connectivity index (χ1v) is 5.83. The molecule has 1 heterocycles. The van der Waals surface area contributed by atoms with E-state index in [0.29, 0.717) is 11.7 Å². The maximum absolute atomic E-state index is 11.7. The monoisotopic (exact) mass is 255 g/mol. The average molecular weight is 255 g/mol. The van der Waals surface area contributed by atoms with Gasteiger partial charge in [-0.3, -0.25) is 4.79 Å². The Morgan fingerprint density at radius 1 is 1.33 bits per heavy atom. The van der Waals surface area contributed by atoms with Crippen LogP contribution in [0, 0.1) is 5.41 Å². The molecule has 18 heavy (non-hydrogen) atoms. The number of hydrogen-bond donors (Lipinski definition) is 1. The summed E-state index contributed by atoms with van der Waals surface area (Å²) in [4.78, 5) is 15.9. The average Bonchev–Trinajstić information content (AvgIpc) is 2.73. The van der Waals surface area contributed by atoms with Crippen LogP contribution < -0.4 is 5.32 Å². The van der Waals surface area contributed by atoms with E-state index in [-0.39, 0.29) is 12.5 Å². The molecule has 6 nitrogen and oxygen atoms in total. The summed E-state index contributed by atoms with van der Waals surface area (Å²) in [7, 11) is 1.58. The van der Waals surface area contributed by atoms with Gasteiger partial charge in [0.05, 0.1) is 6.54 Å². The molecule has 0 saturated carbocycles. The Bertz CT molecular complexity index is 418. The van der Waals surface area contributed by atoms with Gasteiger partial charge in [0.15, 0.2) is 0 Å². The number of carbonyl (C=O) groups is 1. The predicted molar refractivity (Wildman–Crippen MR) is 65.6 cm³/mol. The maximum Gasteiger partial charge on any atom is 0.246 e. The normalized spacial score (nSPS) is 12.6. The molecule has 0 fully saturated rings. The second kappa shape index (κ2) is 5.06. The molecule has 6 heteroatoms. The van der Waals surface area contributed by atoms with E-state index >= 15 is 0 Å². The molecule has 0 atom stereocenters. The van der Waals surface area contributed by atoms with E-state index in [0.717, 1.165) is 0 Å². The molecule has 0 aliphatic heterocycles. The lowest BCUT2D eigenvalue weighted by molar-refractivity contribution is -0.128. The fourth-order valence-corrected chi connectivity index (χ4v) is 1.08. The minimum absolute atomic E-state index is 0.0618. The van der Waals surface area contributed by atoms with Crippen molar-refractivity contribution in [3.05, 3.63) is 11.7 Å². The molecule has 1 N–H and O–H groups in total. The van der Waals surface area contributed by atoms with Gasteiger partial charge in [0.2, 0.25) is 17.6 Å². The molecule has 0 aromatic carbocycles. The smallest absolute Gasteiger partial charge is 0.246 e. The minimum atomic E-state index is -0.601. The predicted octanol–water partition coefficient (Wildman–Crippen LogP) is 1.61. The number of amides is 1. The summed E-state index contributed by atoms with van der Waals surface area (Å²) in [6, 6.07) is 0. The first kappa shape index (κ1) is 14.6. The molecule has 0 radical (unpaired) electrons. The number of nitrogens with one attached hydrogen (secondary N) is 1. The van der Waals surface area contributed by atoms with Crippen LogP contribution in [0.3, 0.4) is 0 Å². The van der Waals surface area contributed by atoms with Gasteiger partial charge in [-0.15, -0.1) is 0 Å². The third kappa shape index (κ3) is 3.53. The van der Waals surface area contributed by atoms with Crippen molar-refractivity contribution in [3.8, 4) is 0 Å². The van der Waals surface area contributed by atoms with Gasteiger partial charge >= 0.3 is 0 Å². The Morgan fingerprint density at radius 2 is 1.94 bits per heavy atom. The molecule has 0 aliphatic carbocycles. The fraction of sp³-hybridized carbons (Fsp3) is 0.750. The quantitative estimate of drug-likeness (QED) is 0.884. The molecule has 0 saturated heterocycles. The van der Waals surface area contributed by atoms with E-state index in [1.54, 1.807) is 7.11 Å². The van der Waals surface area contributed by atoms with Crippen molar-refractivity contribution in [2.75, 3.05) is 7.11 Å². The molecule has 0 unspecified atom stereocenters. The molecule has 0 aliphatic rings. The SMILES string of the molecule is COC(C)(C)c1noc(CNC(=O)C(C)(C)C)n1. The van der Waals surface area contributed by atoms with Crippen LogP contribution >= 0.6 is 0 Å². The first-order chi connectivity index (χ1) is 8.16. The molecule has 0 bridgehead atoms. The van der Waals surface area contributed by atoms with Crippen LogP contribution in [-0.2, 0) is 21.7 Å². The Balaban J connectivity index is 2.63. The first-order valence-electron chi connectivity index (χ1n) is 5.83. The Hall–Kier alpha value is -1.43. The van der Waals surface area contributed by atoms with Crippen molar-refractivity contribution >= 4 is 5.91 Å². The highest BCUT2D eigenvalue weighted by Gasteiger charge is 2.27. The summed E-state index contributed by atoms with van der Waals surface area (Å²) in [5, 5.41) is 6.58. The highest BCUT2D eigenvalue weighted by Crippen LogP contribution is 2.20. The van der Waals surface area contributed by atoms with Gasteiger partial charge in [-0.25, -0.2) is 0 Å². The molecular formula is C12H21N3O3. The topological polar surface area (TPSA) is 77.3 Å². The van der Waals surface area contributed by atoms with E-state index in [4.69, 9.17) is 9.26 Å². The van der Waals surface area contributed by atoms with E-state index < -0.39 is 11.0 Å². The van der Waals surface area contributed by atoms with Gasteiger partial charge in [-0.2, -0.15) is 4.98 Å². The lowest BCUT2D eigenvalue weighted by Gasteiger charge is -2.17. The second-order valence-corrected chi connectivity index (χ2v) is 5.66. The minimum Gasteiger partial charge on any atom is -0.371 e. The van der Waals surface area contributed by atoms with Crippen LogP contribution in [0.1, 0.15) is 46.3 Å². The fourth-order valence-electron chi connectivity index (χ4n) is 1.08. The number of carbonyl (C=O) groups excluding carboxylic acids is 1. The summed E-state index contributed by atoms with van der Waals surface area (Å²) in [5.41, 5.74) is -1.04. The molecule has 0 spiro atoms. The Morgan fingerprint density at radius 3 is 2.44 bits per heavy atom. The maximum atomic E-state index is 11.7. The highest BCUT2D eigenvalue weighted by molar-refractivity contribution is 5.81. The van der Waals surface area contributed by atoms with Crippen molar-refractivity contribution < 1.29 is 14.1 Å². The standard InChI is InChI=1S/C12H21N3O3/c1-11(2,3)10(16)13-7-8-14-9(15-18-8)12(4,5)17-6/h7H2,1-6H3,(H,13,16). The number of hydrogen-bond acceptors (Lipinski definition) is 5. The number of aromatic nitrogens is 2. The lowest BCUT2D eigenvalue weighted by Crippen LogP contribution is -2.34. The van der Waals surface area contributed by atoms with Crippen molar-refractivity contribution in [3.63, 3.8) is 0 Å². The Kier molecular flexibility index (Phi) is 4.11. The van der Waals surface area contributed by atoms with Gasteiger partial charge in [0.1, 0.15) is 5.60 Å². The lowest BCUT2D eigenvalue weighted by atomic mass is 9.96.